The molecule has 0 bridgehead atoms. The van der Waals surface area contributed by atoms with Crippen LogP contribution in [0.4, 0.5) is 15.8 Å². The number of halogens is 1. The van der Waals surface area contributed by atoms with E-state index in [1.165, 1.54) is 23.8 Å². The number of anilines is 2. The number of carbonyl (C=O) groups is 2. The molecule has 0 aliphatic rings. The lowest BCUT2D eigenvalue weighted by Gasteiger charge is -2.14. The zero-order valence-electron chi connectivity index (χ0n) is 16.0. The molecule has 2 amide bonds. The highest BCUT2D eigenvalue weighted by molar-refractivity contribution is 5.93. The number of benzene rings is 2. The normalized spacial score (nSPS) is 12.9. The average Bonchev–Trinajstić information content (AvgIpc) is 2.61. The standard InChI is InChI=1S/C21H26FN3O2/c1-4-15(2)16-8-10-18(11-9-16)23-20(26)13-25(3)14-21(27)24-19-7-5-6-17(22)12-19/h5-12,15H,4,13-14H2,1-3H3,(H,23,26)(H,24,27)/p+1/t15-/m0/s1. The summed E-state index contributed by atoms with van der Waals surface area (Å²) in [5, 5.41) is 5.47. The number of carbonyl (C=O) groups excluding carboxylic acids is 2. The molecule has 2 rings (SSSR count). The van der Waals surface area contributed by atoms with E-state index >= 15 is 0 Å². The third kappa shape index (κ3) is 6.83. The van der Waals surface area contributed by atoms with Crippen molar-refractivity contribution in [3.8, 4) is 0 Å². The van der Waals surface area contributed by atoms with E-state index in [-0.39, 0.29) is 24.9 Å². The Bertz CT molecular complexity index is 777. The lowest BCUT2D eigenvalue weighted by molar-refractivity contribution is -0.862. The smallest absolute Gasteiger partial charge is 0.279 e. The molecule has 1 unspecified atom stereocenters. The van der Waals surface area contributed by atoms with Crippen LogP contribution in [0.1, 0.15) is 31.7 Å². The van der Waals surface area contributed by atoms with Crippen molar-refractivity contribution in [2.45, 2.75) is 26.2 Å². The molecule has 0 heterocycles. The number of amides is 2. The Morgan fingerprint density at radius 2 is 1.59 bits per heavy atom. The van der Waals surface area contributed by atoms with E-state index in [0.717, 1.165) is 17.0 Å². The number of quaternary nitrogens is 1. The Morgan fingerprint density at radius 3 is 2.15 bits per heavy atom. The molecule has 3 N–H and O–H groups in total. The van der Waals surface area contributed by atoms with Crippen molar-refractivity contribution in [2.75, 3.05) is 30.8 Å². The highest BCUT2D eigenvalue weighted by Crippen LogP contribution is 2.20. The second kappa shape index (κ2) is 9.83. The summed E-state index contributed by atoms with van der Waals surface area (Å²) in [6.45, 7) is 4.57. The molecule has 0 aromatic heterocycles. The quantitative estimate of drug-likeness (QED) is 0.666. The predicted molar refractivity (Wildman–Crippen MR) is 105 cm³/mol. The molecule has 0 aliphatic carbocycles. The molecular weight excluding hydrogens is 345 g/mol. The van der Waals surface area contributed by atoms with Gasteiger partial charge in [0, 0.05) is 11.4 Å². The third-order valence-corrected chi connectivity index (χ3v) is 4.41. The van der Waals surface area contributed by atoms with Crippen molar-refractivity contribution in [2.24, 2.45) is 0 Å². The van der Waals surface area contributed by atoms with Gasteiger partial charge in [-0.2, -0.15) is 0 Å². The molecule has 2 atom stereocenters. The first kappa shape index (κ1) is 20.6. The van der Waals surface area contributed by atoms with Crippen molar-refractivity contribution in [3.63, 3.8) is 0 Å². The van der Waals surface area contributed by atoms with Gasteiger partial charge in [0.25, 0.3) is 11.8 Å². The molecule has 2 aromatic carbocycles. The third-order valence-electron chi connectivity index (χ3n) is 4.41. The van der Waals surface area contributed by atoms with Gasteiger partial charge in [0.1, 0.15) is 5.82 Å². The first-order chi connectivity index (χ1) is 12.9. The van der Waals surface area contributed by atoms with E-state index in [2.05, 4.69) is 24.5 Å². The van der Waals surface area contributed by atoms with Gasteiger partial charge in [-0.05, 0) is 48.2 Å². The Kier molecular flexibility index (Phi) is 7.49. The Labute approximate surface area is 159 Å². The summed E-state index contributed by atoms with van der Waals surface area (Å²) in [7, 11) is 1.76. The zero-order chi connectivity index (χ0) is 19.8. The molecule has 5 nitrogen and oxygen atoms in total. The Hall–Kier alpha value is -2.73. The fraction of sp³-hybridized carbons (Fsp3) is 0.333. The van der Waals surface area contributed by atoms with Gasteiger partial charge in [-0.3, -0.25) is 9.59 Å². The van der Waals surface area contributed by atoms with Crippen molar-refractivity contribution >= 4 is 23.2 Å². The molecule has 144 valence electrons. The summed E-state index contributed by atoms with van der Waals surface area (Å²) in [5.41, 5.74) is 2.38. The predicted octanol–water partition coefficient (Wildman–Crippen LogP) is 2.43. The zero-order valence-corrected chi connectivity index (χ0v) is 16.0. The lowest BCUT2D eigenvalue weighted by Crippen LogP contribution is -3.11. The van der Waals surface area contributed by atoms with Crippen LogP contribution in [0.5, 0.6) is 0 Å². The summed E-state index contributed by atoms with van der Waals surface area (Å²) in [4.78, 5) is 24.9. The number of hydrogen-bond donors (Lipinski definition) is 3. The van der Waals surface area contributed by atoms with Crippen molar-refractivity contribution in [3.05, 3.63) is 59.9 Å². The lowest BCUT2D eigenvalue weighted by atomic mass is 9.99. The van der Waals surface area contributed by atoms with E-state index in [0.29, 0.717) is 11.6 Å². The molecule has 2 aromatic rings. The summed E-state index contributed by atoms with van der Waals surface area (Å²) in [5.74, 6) is -0.361. The molecular formula is C21H27FN3O2+. The van der Waals surface area contributed by atoms with Crippen LogP contribution in [0.25, 0.3) is 0 Å². The summed E-state index contributed by atoms with van der Waals surface area (Å²) in [6, 6.07) is 13.5. The molecule has 0 radical (unpaired) electrons. The molecule has 0 spiro atoms. The molecule has 0 saturated carbocycles. The largest absolute Gasteiger partial charge is 0.322 e. The van der Waals surface area contributed by atoms with E-state index < -0.39 is 5.82 Å². The summed E-state index contributed by atoms with van der Waals surface area (Å²) in [6.07, 6.45) is 1.07. The Morgan fingerprint density at radius 1 is 1.00 bits per heavy atom. The number of hydrogen-bond acceptors (Lipinski definition) is 2. The fourth-order valence-electron chi connectivity index (χ4n) is 2.72. The van der Waals surface area contributed by atoms with Gasteiger partial charge in [0.05, 0.1) is 7.05 Å². The van der Waals surface area contributed by atoms with Crippen molar-refractivity contribution in [1.29, 1.82) is 0 Å². The van der Waals surface area contributed by atoms with E-state index in [9.17, 15) is 14.0 Å². The van der Waals surface area contributed by atoms with Gasteiger partial charge >= 0.3 is 0 Å². The van der Waals surface area contributed by atoms with Gasteiger partial charge in [-0.1, -0.05) is 32.0 Å². The topological polar surface area (TPSA) is 62.6 Å². The van der Waals surface area contributed by atoms with Gasteiger partial charge in [0.2, 0.25) is 0 Å². The van der Waals surface area contributed by atoms with Gasteiger partial charge in [-0.15, -0.1) is 0 Å². The SMILES string of the molecule is CC[C@H](C)c1ccc(NC(=O)C[NH+](C)CC(=O)Nc2cccc(F)c2)cc1. The van der Waals surface area contributed by atoms with E-state index in [1.807, 2.05) is 24.3 Å². The summed E-state index contributed by atoms with van der Waals surface area (Å²) >= 11 is 0. The maximum atomic E-state index is 13.1. The van der Waals surface area contributed by atoms with Gasteiger partial charge in [0.15, 0.2) is 13.1 Å². The monoisotopic (exact) mass is 372 g/mol. The maximum Gasteiger partial charge on any atom is 0.279 e. The highest BCUT2D eigenvalue weighted by Gasteiger charge is 2.15. The van der Waals surface area contributed by atoms with Crippen LogP contribution in [0, 0.1) is 5.82 Å². The minimum absolute atomic E-state index is 0.108. The number of likely N-dealkylation sites (N-methyl/N-ethyl adjacent to an activating group) is 1. The van der Waals surface area contributed by atoms with E-state index in [4.69, 9.17) is 0 Å². The minimum atomic E-state index is -0.410. The fourth-order valence-corrected chi connectivity index (χ4v) is 2.72. The molecule has 0 saturated heterocycles. The highest BCUT2D eigenvalue weighted by atomic mass is 19.1. The van der Waals surface area contributed by atoms with Crippen LogP contribution >= 0.6 is 0 Å². The van der Waals surface area contributed by atoms with Crippen LogP contribution in [-0.2, 0) is 9.59 Å². The van der Waals surface area contributed by atoms with Gasteiger partial charge in [-0.25, -0.2) is 4.39 Å². The van der Waals surface area contributed by atoms with Crippen LogP contribution < -0.4 is 15.5 Å². The van der Waals surface area contributed by atoms with Crippen molar-refractivity contribution < 1.29 is 18.9 Å². The number of rotatable bonds is 8. The molecule has 27 heavy (non-hydrogen) atoms. The second-order valence-electron chi connectivity index (χ2n) is 6.85. The minimum Gasteiger partial charge on any atom is -0.322 e. The summed E-state index contributed by atoms with van der Waals surface area (Å²) < 4.78 is 13.1. The maximum absolute atomic E-state index is 13.1. The van der Waals surface area contributed by atoms with Gasteiger partial charge < -0.3 is 15.5 Å². The Balaban J connectivity index is 1.80. The average molecular weight is 372 g/mol. The van der Waals surface area contributed by atoms with Crippen LogP contribution in [0.3, 0.4) is 0 Å². The first-order valence-corrected chi connectivity index (χ1v) is 9.14. The second-order valence-corrected chi connectivity index (χ2v) is 6.85. The van der Waals surface area contributed by atoms with Crippen LogP contribution in [0.2, 0.25) is 0 Å². The molecule has 0 fully saturated rings. The molecule has 0 aliphatic heterocycles. The van der Waals surface area contributed by atoms with Crippen molar-refractivity contribution in [1.82, 2.24) is 0 Å². The molecule has 6 heteroatoms. The van der Waals surface area contributed by atoms with Crippen LogP contribution in [0.15, 0.2) is 48.5 Å². The first-order valence-electron chi connectivity index (χ1n) is 9.14. The van der Waals surface area contributed by atoms with E-state index in [1.54, 1.807) is 13.1 Å². The van der Waals surface area contributed by atoms with Crippen LogP contribution in [-0.4, -0.2) is 32.0 Å². The number of nitrogens with one attached hydrogen (secondary N) is 3.